The van der Waals surface area contributed by atoms with Gasteiger partial charge in [0, 0.05) is 11.3 Å². The van der Waals surface area contributed by atoms with Crippen LogP contribution in [0.5, 0.6) is 0 Å². The van der Waals surface area contributed by atoms with E-state index >= 15 is 0 Å². The lowest BCUT2D eigenvalue weighted by Crippen LogP contribution is -2.33. The minimum Gasteiger partial charge on any atom is -0.457 e. The van der Waals surface area contributed by atoms with Crippen molar-refractivity contribution in [1.29, 1.82) is 0 Å². The summed E-state index contributed by atoms with van der Waals surface area (Å²) in [5, 5.41) is 31.6. The first-order chi connectivity index (χ1) is 14.2. The monoisotopic (exact) mass is 419 g/mol. The first-order valence-corrected chi connectivity index (χ1v) is 8.73. The van der Waals surface area contributed by atoms with Crippen molar-refractivity contribution in [3.63, 3.8) is 0 Å². The Bertz CT molecular complexity index is 1090. The van der Waals surface area contributed by atoms with Crippen molar-refractivity contribution >= 4 is 17.0 Å². The highest BCUT2D eigenvalue weighted by atomic mass is 17.0. The second-order valence-corrected chi connectivity index (χ2v) is 6.58. The van der Waals surface area contributed by atoms with Crippen LogP contribution in [-0.2, 0) is 14.4 Å². The van der Waals surface area contributed by atoms with Gasteiger partial charge in [0.2, 0.25) is 0 Å². The molecule has 0 amide bonds. The smallest absolute Gasteiger partial charge is 0.337 e. The van der Waals surface area contributed by atoms with Gasteiger partial charge in [-0.15, -0.1) is 10.1 Å². The predicted molar refractivity (Wildman–Crippen MR) is 98.6 cm³/mol. The number of allylic oxidation sites excluding steroid dienone is 3. The summed E-state index contributed by atoms with van der Waals surface area (Å²) >= 11 is 0. The van der Waals surface area contributed by atoms with Crippen molar-refractivity contribution < 1.29 is 29.0 Å². The SMILES string of the molecule is CC1=C(C(=O)O[C@H](C)CO[N+](=O)[O-])[C@H](c2cccc3nonc23)C([N+](=O)[O-])=C(C)N1. The van der Waals surface area contributed by atoms with Gasteiger partial charge in [0.05, 0.1) is 16.2 Å². The quantitative estimate of drug-likeness (QED) is 0.394. The lowest BCUT2D eigenvalue weighted by atomic mass is 9.83. The topological polar surface area (TPSA) is 173 Å². The Balaban J connectivity index is 2.06. The number of nitro groups is 1. The number of dihydropyridines is 1. The molecular weight excluding hydrogens is 402 g/mol. The van der Waals surface area contributed by atoms with Crippen LogP contribution in [0.2, 0.25) is 0 Å². The van der Waals surface area contributed by atoms with Crippen LogP contribution in [0.25, 0.3) is 11.0 Å². The van der Waals surface area contributed by atoms with Crippen LogP contribution >= 0.6 is 0 Å². The number of rotatable bonds is 7. The average Bonchev–Trinajstić information content (AvgIpc) is 3.14. The molecule has 0 saturated carbocycles. The molecule has 2 aromatic rings. The summed E-state index contributed by atoms with van der Waals surface area (Å²) in [6.45, 7) is 4.01. The molecule has 0 spiro atoms. The van der Waals surface area contributed by atoms with Gasteiger partial charge in [-0.1, -0.05) is 12.1 Å². The maximum Gasteiger partial charge on any atom is 0.337 e. The number of hydrogen-bond donors (Lipinski definition) is 1. The summed E-state index contributed by atoms with van der Waals surface area (Å²) < 4.78 is 9.99. The van der Waals surface area contributed by atoms with Crippen molar-refractivity contribution in [2.45, 2.75) is 32.8 Å². The Labute approximate surface area is 168 Å². The van der Waals surface area contributed by atoms with Crippen molar-refractivity contribution in [2.75, 3.05) is 6.61 Å². The van der Waals surface area contributed by atoms with Crippen LogP contribution in [0.3, 0.4) is 0 Å². The molecule has 2 heterocycles. The van der Waals surface area contributed by atoms with E-state index in [1.807, 2.05) is 0 Å². The van der Waals surface area contributed by atoms with Crippen LogP contribution in [0, 0.1) is 20.2 Å². The molecule has 0 saturated heterocycles. The maximum atomic E-state index is 12.9. The van der Waals surface area contributed by atoms with Gasteiger partial charge >= 0.3 is 5.97 Å². The first kappa shape index (κ1) is 20.7. The standard InChI is InChI=1S/C17H17N5O8/c1-8(7-28-22(26)27)29-17(23)13-9(2)18-10(3)16(21(24)25)14(13)11-5-4-6-12-15(11)20-30-19-12/h4-6,8,14,18H,7H2,1-3H3/t8-,14+/m1/s1. The van der Waals surface area contributed by atoms with Gasteiger partial charge in [-0.05, 0) is 37.2 Å². The molecule has 3 rings (SSSR count). The molecule has 1 aromatic carbocycles. The van der Waals surface area contributed by atoms with Crippen molar-refractivity contribution in [3.8, 4) is 0 Å². The number of hydrogen-bond acceptors (Lipinski definition) is 11. The summed E-state index contributed by atoms with van der Waals surface area (Å²) in [4.78, 5) is 38.8. The molecule has 158 valence electrons. The number of fused-ring (bicyclic) bond motifs is 1. The van der Waals surface area contributed by atoms with Crippen molar-refractivity contribution in [1.82, 2.24) is 15.6 Å². The van der Waals surface area contributed by atoms with Gasteiger partial charge in [0.1, 0.15) is 29.7 Å². The van der Waals surface area contributed by atoms with Gasteiger partial charge in [-0.3, -0.25) is 10.1 Å². The zero-order valence-electron chi connectivity index (χ0n) is 16.1. The Kier molecular flexibility index (Phi) is 5.62. The summed E-state index contributed by atoms with van der Waals surface area (Å²) in [5.41, 5.74) is 1.25. The Morgan fingerprint density at radius 2 is 2.00 bits per heavy atom. The third-order valence-electron chi connectivity index (χ3n) is 4.49. The predicted octanol–water partition coefficient (Wildman–Crippen LogP) is 1.83. The number of aromatic nitrogens is 2. The fourth-order valence-electron chi connectivity index (χ4n) is 3.30. The Morgan fingerprint density at radius 1 is 1.27 bits per heavy atom. The second-order valence-electron chi connectivity index (χ2n) is 6.58. The zero-order chi connectivity index (χ0) is 22.0. The molecule has 0 fully saturated rings. The van der Waals surface area contributed by atoms with E-state index in [2.05, 4.69) is 20.5 Å². The maximum absolute atomic E-state index is 12.9. The van der Waals surface area contributed by atoms with E-state index in [-0.39, 0.29) is 22.5 Å². The number of esters is 1. The lowest BCUT2D eigenvalue weighted by molar-refractivity contribution is -0.759. The van der Waals surface area contributed by atoms with E-state index in [0.717, 1.165) is 0 Å². The van der Waals surface area contributed by atoms with Gasteiger partial charge in [-0.2, -0.15) is 0 Å². The zero-order valence-corrected chi connectivity index (χ0v) is 16.1. The van der Waals surface area contributed by atoms with E-state index in [4.69, 9.17) is 9.37 Å². The van der Waals surface area contributed by atoms with Gasteiger partial charge < -0.3 is 14.9 Å². The van der Waals surface area contributed by atoms with E-state index < -0.39 is 34.6 Å². The highest BCUT2D eigenvalue weighted by Crippen LogP contribution is 2.41. The lowest BCUT2D eigenvalue weighted by Gasteiger charge is -2.27. The van der Waals surface area contributed by atoms with Crippen molar-refractivity contribution in [3.05, 3.63) is 66.7 Å². The van der Waals surface area contributed by atoms with Crippen LogP contribution < -0.4 is 5.32 Å². The summed E-state index contributed by atoms with van der Waals surface area (Å²) in [5.74, 6) is -2.02. The minimum atomic E-state index is -1.13. The van der Waals surface area contributed by atoms with Crippen LogP contribution in [0.15, 0.2) is 45.5 Å². The number of nitrogens with zero attached hydrogens (tertiary/aromatic N) is 4. The molecule has 0 bridgehead atoms. The molecule has 0 unspecified atom stereocenters. The van der Waals surface area contributed by atoms with E-state index in [0.29, 0.717) is 16.8 Å². The molecule has 13 heteroatoms. The third-order valence-corrected chi connectivity index (χ3v) is 4.49. The highest BCUT2D eigenvalue weighted by molar-refractivity contribution is 5.94. The number of carbonyl (C=O) groups is 1. The highest BCUT2D eigenvalue weighted by Gasteiger charge is 2.42. The molecule has 0 aliphatic carbocycles. The largest absolute Gasteiger partial charge is 0.457 e. The first-order valence-electron chi connectivity index (χ1n) is 8.73. The van der Waals surface area contributed by atoms with Gasteiger partial charge in [-0.25, -0.2) is 9.42 Å². The van der Waals surface area contributed by atoms with Crippen LogP contribution in [0.4, 0.5) is 0 Å². The van der Waals surface area contributed by atoms with E-state index in [1.54, 1.807) is 25.1 Å². The van der Waals surface area contributed by atoms with E-state index in [1.165, 1.54) is 13.8 Å². The second kappa shape index (κ2) is 8.14. The van der Waals surface area contributed by atoms with Crippen LogP contribution in [-0.4, -0.2) is 39.0 Å². The fourth-order valence-corrected chi connectivity index (χ4v) is 3.30. The van der Waals surface area contributed by atoms with Crippen molar-refractivity contribution in [2.24, 2.45) is 0 Å². The van der Waals surface area contributed by atoms with Gasteiger partial charge in [0.25, 0.3) is 10.8 Å². The number of benzene rings is 1. The summed E-state index contributed by atoms with van der Waals surface area (Å²) in [7, 11) is 0. The number of carbonyl (C=O) groups excluding carboxylic acids is 1. The molecule has 1 aromatic heterocycles. The average molecular weight is 419 g/mol. The summed E-state index contributed by atoms with van der Waals surface area (Å²) in [6.07, 6.45) is -0.973. The molecule has 1 N–H and O–H groups in total. The molecule has 2 atom stereocenters. The normalized spacial score (nSPS) is 17.5. The van der Waals surface area contributed by atoms with E-state index in [9.17, 15) is 25.0 Å². The molecule has 1 aliphatic heterocycles. The van der Waals surface area contributed by atoms with Gasteiger partial charge in [0.15, 0.2) is 0 Å². The third kappa shape index (κ3) is 3.90. The fraction of sp³-hybridized carbons (Fsp3) is 0.353. The minimum absolute atomic E-state index is 0.0317. The molecule has 1 aliphatic rings. The molecule has 0 radical (unpaired) electrons. The Morgan fingerprint density at radius 3 is 2.67 bits per heavy atom. The Hall–Kier alpha value is -4.03. The van der Waals surface area contributed by atoms with Crippen LogP contribution in [0.1, 0.15) is 32.3 Å². The number of nitrogens with one attached hydrogen (secondary N) is 1. The number of ether oxygens (including phenoxy) is 1. The molecular formula is C17H17N5O8. The molecule has 30 heavy (non-hydrogen) atoms. The molecule has 13 nitrogen and oxygen atoms in total. The summed E-state index contributed by atoms with van der Waals surface area (Å²) in [6, 6.07) is 4.81.